The second kappa shape index (κ2) is 6.22. The number of amides is 1. The molecule has 21 heavy (non-hydrogen) atoms. The van der Waals surface area contributed by atoms with Gasteiger partial charge in [-0.2, -0.15) is 0 Å². The Balaban J connectivity index is 1.81. The summed E-state index contributed by atoms with van der Waals surface area (Å²) in [6.07, 6.45) is 6.32. The summed E-state index contributed by atoms with van der Waals surface area (Å²) in [6.45, 7) is 0.728. The average molecular weight is 343 g/mol. The van der Waals surface area contributed by atoms with Crippen molar-refractivity contribution in [2.45, 2.75) is 11.2 Å². The number of carbonyl (C=O) groups is 1. The third-order valence-electron chi connectivity index (χ3n) is 3.39. The third kappa shape index (κ3) is 3.39. The summed E-state index contributed by atoms with van der Waals surface area (Å²) >= 11 is 3.51. The molecule has 0 aliphatic carbocycles. The fraction of sp³-hybridized carbons (Fsp3) is 0.176. The summed E-state index contributed by atoms with van der Waals surface area (Å²) in [4.78, 5) is 18.3. The molecule has 1 aromatic heterocycles. The standard InChI is InChI=1S/C17H15BrN2O/c18-14-11-17(21)20(12-14)16-6-3-4-13(10-16)7-8-15-5-1-2-9-19-15/h1-10,14H,11-12H2. The zero-order valence-corrected chi connectivity index (χ0v) is 13.0. The van der Waals surface area contributed by atoms with Gasteiger partial charge in [-0.25, -0.2) is 0 Å². The van der Waals surface area contributed by atoms with Crippen LogP contribution in [-0.2, 0) is 4.79 Å². The van der Waals surface area contributed by atoms with Crippen LogP contribution in [0.2, 0.25) is 0 Å². The second-order valence-corrected chi connectivity index (χ2v) is 6.28. The predicted molar refractivity (Wildman–Crippen MR) is 89.3 cm³/mol. The molecule has 0 saturated carbocycles. The topological polar surface area (TPSA) is 33.2 Å². The lowest BCUT2D eigenvalue weighted by atomic mass is 10.1. The minimum Gasteiger partial charge on any atom is -0.311 e. The Labute approximate surface area is 132 Å². The van der Waals surface area contributed by atoms with E-state index in [1.807, 2.05) is 59.5 Å². The Morgan fingerprint density at radius 2 is 2.10 bits per heavy atom. The summed E-state index contributed by atoms with van der Waals surface area (Å²) < 4.78 is 0. The molecular weight excluding hydrogens is 328 g/mol. The highest BCUT2D eigenvalue weighted by Crippen LogP contribution is 2.26. The highest BCUT2D eigenvalue weighted by atomic mass is 79.9. The average Bonchev–Trinajstić information content (AvgIpc) is 2.85. The Morgan fingerprint density at radius 1 is 1.19 bits per heavy atom. The Morgan fingerprint density at radius 3 is 2.81 bits per heavy atom. The van der Waals surface area contributed by atoms with E-state index >= 15 is 0 Å². The maximum absolute atomic E-state index is 11.9. The van der Waals surface area contributed by atoms with Gasteiger partial charge in [-0.15, -0.1) is 0 Å². The lowest BCUT2D eigenvalue weighted by molar-refractivity contribution is -0.117. The highest BCUT2D eigenvalue weighted by Gasteiger charge is 2.28. The molecule has 3 rings (SSSR count). The van der Waals surface area contributed by atoms with Crippen molar-refractivity contribution in [3.63, 3.8) is 0 Å². The van der Waals surface area contributed by atoms with Gasteiger partial charge in [0.05, 0.1) is 5.69 Å². The maximum atomic E-state index is 11.9. The number of halogens is 1. The molecule has 1 aromatic carbocycles. The number of aromatic nitrogens is 1. The highest BCUT2D eigenvalue weighted by molar-refractivity contribution is 9.09. The van der Waals surface area contributed by atoms with E-state index in [-0.39, 0.29) is 10.7 Å². The van der Waals surface area contributed by atoms with Crippen LogP contribution in [0.25, 0.3) is 12.2 Å². The zero-order valence-electron chi connectivity index (χ0n) is 11.4. The molecule has 0 N–H and O–H groups in total. The fourth-order valence-corrected chi connectivity index (χ4v) is 2.93. The van der Waals surface area contributed by atoms with Gasteiger partial charge < -0.3 is 4.90 Å². The zero-order chi connectivity index (χ0) is 14.7. The van der Waals surface area contributed by atoms with E-state index in [0.29, 0.717) is 6.42 Å². The van der Waals surface area contributed by atoms with Gasteiger partial charge in [0.25, 0.3) is 0 Å². The lowest BCUT2D eigenvalue weighted by Crippen LogP contribution is -2.24. The molecule has 0 radical (unpaired) electrons. The van der Waals surface area contributed by atoms with Crippen molar-refractivity contribution < 1.29 is 4.79 Å². The molecule has 1 aliphatic heterocycles. The molecule has 1 fully saturated rings. The molecule has 3 nitrogen and oxygen atoms in total. The lowest BCUT2D eigenvalue weighted by Gasteiger charge is -2.16. The molecule has 0 spiro atoms. The van der Waals surface area contributed by atoms with E-state index in [0.717, 1.165) is 23.5 Å². The number of nitrogens with zero attached hydrogens (tertiary/aromatic N) is 2. The van der Waals surface area contributed by atoms with Crippen molar-refractivity contribution in [2.75, 3.05) is 11.4 Å². The molecule has 1 amide bonds. The molecule has 4 heteroatoms. The van der Waals surface area contributed by atoms with Crippen LogP contribution in [0.3, 0.4) is 0 Å². The third-order valence-corrected chi connectivity index (χ3v) is 4.01. The molecule has 2 heterocycles. The predicted octanol–water partition coefficient (Wildman–Crippen LogP) is 3.75. The Kier molecular flexibility index (Phi) is 4.15. The normalized spacial score (nSPS) is 18.6. The number of hydrogen-bond acceptors (Lipinski definition) is 2. The summed E-state index contributed by atoms with van der Waals surface area (Å²) in [5.41, 5.74) is 2.93. The van der Waals surface area contributed by atoms with Gasteiger partial charge in [0, 0.05) is 29.7 Å². The molecule has 0 bridgehead atoms. The van der Waals surface area contributed by atoms with E-state index in [2.05, 4.69) is 20.9 Å². The Bertz CT molecular complexity index is 670. The number of hydrogen-bond donors (Lipinski definition) is 0. The van der Waals surface area contributed by atoms with Gasteiger partial charge in [0.15, 0.2) is 0 Å². The number of anilines is 1. The van der Waals surface area contributed by atoms with E-state index in [1.165, 1.54) is 0 Å². The first-order valence-corrected chi connectivity index (χ1v) is 7.77. The van der Waals surface area contributed by atoms with Crippen LogP contribution in [0.5, 0.6) is 0 Å². The van der Waals surface area contributed by atoms with Gasteiger partial charge in [-0.1, -0.05) is 40.2 Å². The smallest absolute Gasteiger partial charge is 0.228 e. The number of rotatable bonds is 3. The number of alkyl halides is 1. The van der Waals surface area contributed by atoms with Crippen molar-refractivity contribution >= 4 is 39.7 Å². The van der Waals surface area contributed by atoms with Crippen LogP contribution in [-0.4, -0.2) is 22.3 Å². The van der Waals surface area contributed by atoms with Crippen LogP contribution in [0.4, 0.5) is 5.69 Å². The first-order chi connectivity index (χ1) is 10.2. The van der Waals surface area contributed by atoms with Gasteiger partial charge in [0.2, 0.25) is 5.91 Å². The van der Waals surface area contributed by atoms with Gasteiger partial charge in [0.1, 0.15) is 0 Å². The van der Waals surface area contributed by atoms with Crippen LogP contribution in [0.1, 0.15) is 17.7 Å². The first-order valence-electron chi connectivity index (χ1n) is 6.86. The van der Waals surface area contributed by atoms with Crippen LogP contribution in [0.15, 0.2) is 48.7 Å². The first kappa shape index (κ1) is 14.0. The van der Waals surface area contributed by atoms with Crippen molar-refractivity contribution in [1.82, 2.24) is 4.98 Å². The quantitative estimate of drug-likeness (QED) is 0.796. The van der Waals surface area contributed by atoms with Crippen LogP contribution >= 0.6 is 15.9 Å². The van der Waals surface area contributed by atoms with Crippen molar-refractivity contribution in [2.24, 2.45) is 0 Å². The molecular formula is C17H15BrN2O. The fourth-order valence-electron chi connectivity index (χ4n) is 2.37. The van der Waals surface area contributed by atoms with E-state index < -0.39 is 0 Å². The van der Waals surface area contributed by atoms with Crippen LogP contribution < -0.4 is 4.90 Å². The van der Waals surface area contributed by atoms with Crippen molar-refractivity contribution in [3.8, 4) is 0 Å². The number of pyridine rings is 1. The summed E-state index contributed by atoms with van der Waals surface area (Å²) in [5, 5.41) is 0. The molecule has 106 valence electrons. The molecule has 1 saturated heterocycles. The van der Waals surface area contributed by atoms with Crippen molar-refractivity contribution in [1.29, 1.82) is 0 Å². The monoisotopic (exact) mass is 342 g/mol. The summed E-state index contributed by atoms with van der Waals surface area (Å²) in [6, 6.07) is 13.8. The summed E-state index contributed by atoms with van der Waals surface area (Å²) in [5.74, 6) is 0.169. The molecule has 1 aliphatic rings. The minimum absolute atomic E-state index is 0.169. The Hall–Kier alpha value is -1.94. The van der Waals surface area contributed by atoms with E-state index in [9.17, 15) is 4.79 Å². The van der Waals surface area contributed by atoms with E-state index in [4.69, 9.17) is 0 Å². The second-order valence-electron chi connectivity index (χ2n) is 4.99. The van der Waals surface area contributed by atoms with E-state index in [1.54, 1.807) is 6.20 Å². The minimum atomic E-state index is 0.169. The number of benzene rings is 1. The number of carbonyl (C=O) groups excluding carboxylic acids is 1. The van der Waals surface area contributed by atoms with Gasteiger partial charge in [-0.05, 0) is 35.9 Å². The van der Waals surface area contributed by atoms with Crippen LogP contribution in [0, 0.1) is 0 Å². The molecule has 2 aromatic rings. The van der Waals surface area contributed by atoms with Crippen molar-refractivity contribution in [3.05, 3.63) is 59.9 Å². The molecule has 1 atom stereocenters. The van der Waals surface area contributed by atoms with Gasteiger partial charge >= 0.3 is 0 Å². The molecule has 1 unspecified atom stereocenters. The summed E-state index contributed by atoms with van der Waals surface area (Å²) in [7, 11) is 0. The maximum Gasteiger partial charge on any atom is 0.228 e. The SMILES string of the molecule is O=C1CC(Br)CN1c1cccc(C=Cc2ccccn2)c1. The largest absolute Gasteiger partial charge is 0.311 e. The van der Waals surface area contributed by atoms with Gasteiger partial charge in [-0.3, -0.25) is 9.78 Å².